The van der Waals surface area contributed by atoms with E-state index in [0.29, 0.717) is 18.2 Å². The fourth-order valence-corrected chi connectivity index (χ4v) is 2.88. The van der Waals surface area contributed by atoms with Crippen molar-refractivity contribution in [1.82, 2.24) is 15.6 Å². The molecule has 0 bridgehead atoms. The molecule has 0 aliphatic carbocycles. The summed E-state index contributed by atoms with van der Waals surface area (Å²) in [7, 11) is 0. The Labute approximate surface area is 144 Å². The molecule has 23 heavy (non-hydrogen) atoms. The van der Waals surface area contributed by atoms with Crippen molar-refractivity contribution < 1.29 is 4.42 Å². The van der Waals surface area contributed by atoms with Crippen LogP contribution in [0.4, 0.5) is 0 Å². The highest BCUT2D eigenvalue weighted by molar-refractivity contribution is 7.80. The molecule has 1 aromatic carbocycles. The van der Waals surface area contributed by atoms with Gasteiger partial charge in [-0.15, -0.1) is 11.3 Å². The van der Waals surface area contributed by atoms with Crippen molar-refractivity contribution in [1.29, 1.82) is 0 Å². The molecule has 2 aromatic heterocycles. The summed E-state index contributed by atoms with van der Waals surface area (Å²) in [4.78, 5) is 4.50. The normalized spacial score (nSPS) is 10.5. The number of thiocarbonyl (C=S) groups is 1. The van der Waals surface area contributed by atoms with Crippen molar-refractivity contribution in [2.24, 2.45) is 0 Å². The van der Waals surface area contributed by atoms with Gasteiger partial charge in [-0.2, -0.15) is 0 Å². The van der Waals surface area contributed by atoms with E-state index in [9.17, 15) is 0 Å². The minimum absolute atomic E-state index is 0.584. The zero-order valence-corrected chi connectivity index (χ0v) is 14.3. The number of hydrogen-bond acceptors (Lipinski definition) is 4. The molecule has 0 fully saturated rings. The predicted octanol–water partition coefficient (Wildman–Crippen LogP) is 3.88. The Balaban J connectivity index is 1.49. The molecule has 0 saturated carbocycles. The molecule has 0 spiro atoms. The van der Waals surface area contributed by atoms with Crippen LogP contribution in [-0.4, -0.2) is 10.1 Å². The Morgan fingerprint density at radius 1 is 1.17 bits per heavy atom. The molecule has 3 aromatic rings. The molecule has 3 rings (SSSR count). The van der Waals surface area contributed by atoms with Crippen LogP contribution in [0.2, 0.25) is 0 Å². The van der Waals surface area contributed by atoms with Crippen LogP contribution in [0.5, 0.6) is 0 Å². The van der Waals surface area contributed by atoms with Crippen LogP contribution < -0.4 is 10.6 Å². The molecule has 0 aliphatic heterocycles. The summed E-state index contributed by atoms with van der Waals surface area (Å²) < 4.78 is 5.25. The standard InChI is InChI=1S/C17H17N3OS2/c1-12-20-16(11-23-12)14-6-4-13(5-7-14)9-18-17(22)19-10-15-3-2-8-21-15/h2-8,11H,9-10H2,1H3,(H2,18,19,22). The Bertz CT molecular complexity index is 764. The van der Waals surface area contributed by atoms with Crippen LogP contribution in [0.15, 0.2) is 52.5 Å². The van der Waals surface area contributed by atoms with E-state index in [1.807, 2.05) is 19.1 Å². The number of benzene rings is 1. The van der Waals surface area contributed by atoms with Crippen LogP contribution >= 0.6 is 23.6 Å². The number of furan rings is 1. The summed E-state index contributed by atoms with van der Waals surface area (Å²) in [5.41, 5.74) is 3.34. The van der Waals surface area contributed by atoms with Gasteiger partial charge in [0, 0.05) is 17.5 Å². The summed E-state index contributed by atoms with van der Waals surface area (Å²) in [5, 5.41) is 10.1. The van der Waals surface area contributed by atoms with E-state index >= 15 is 0 Å². The minimum atomic E-state index is 0.584. The van der Waals surface area contributed by atoms with Crippen molar-refractivity contribution in [3.05, 3.63) is 64.4 Å². The summed E-state index contributed by atoms with van der Waals surface area (Å²) in [6.45, 7) is 3.28. The van der Waals surface area contributed by atoms with E-state index in [-0.39, 0.29) is 0 Å². The first kappa shape index (κ1) is 15.7. The number of nitrogens with one attached hydrogen (secondary N) is 2. The number of hydrogen-bond donors (Lipinski definition) is 2. The highest BCUT2D eigenvalue weighted by Gasteiger charge is 2.03. The van der Waals surface area contributed by atoms with Gasteiger partial charge in [0.15, 0.2) is 5.11 Å². The summed E-state index contributed by atoms with van der Waals surface area (Å²) in [6, 6.07) is 12.1. The molecular formula is C17H17N3OS2. The summed E-state index contributed by atoms with van der Waals surface area (Å²) in [6.07, 6.45) is 1.65. The largest absolute Gasteiger partial charge is 0.467 e. The lowest BCUT2D eigenvalue weighted by atomic mass is 10.1. The second-order valence-electron chi connectivity index (χ2n) is 5.06. The number of rotatable bonds is 5. The van der Waals surface area contributed by atoms with E-state index in [4.69, 9.17) is 16.6 Å². The fraction of sp³-hybridized carbons (Fsp3) is 0.176. The van der Waals surface area contributed by atoms with E-state index in [0.717, 1.165) is 22.0 Å². The molecule has 0 atom stereocenters. The second-order valence-corrected chi connectivity index (χ2v) is 6.53. The van der Waals surface area contributed by atoms with Crippen molar-refractivity contribution in [3.8, 4) is 11.3 Å². The van der Waals surface area contributed by atoms with Crippen LogP contribution in [0.3, 0.4) is 0 Å². The lowest BCUT2D eigenvalue weighted by molar-refractivity contribution is 0.502. The Kier molecular flexibility index (Phi) is 5.05. The lowest BCUT2D eigenvalue weighted by Crippen LogP contribution is -2.34. The molecule has 0 amide bonds. The maximum absolute atomic E-state index is 5.26. The quantitative estimate of drug-likeness (QED) is 0.689. The van der Waals surface area contributed by atoms with Crippen LogP contribution in [0.1, 0.15) is 16.3 Å². The van der Waals surface area contributed by atoms with Crippen LogP contribution in [0.25, 0.3) is 11.3 Å². The fourth-order valence-electron chi connectivity index (χ4n) is 2.11. The third-order valence-electron chi connectivity index (χ3n) is 3.33. The number of aryl methyl sites for hydroxylation is 1. The van der Waals surface area contributed by atoms with Gasteiger partial charge < -0.3 is 15.1 Å². The zero-order valence-electron chi connectivity index (χ0n) is 12.7. The maximum Gasteiger partial charge on any atom is 0.166 e. The third-order valence-corrected chi connectivity index (χ3v) is 4.39. The average molecular weight is 343 g/mol. The molecule has 0 saturated heterocycles. The Hall–Kier alpha value is -2.18. The Morgan fingerprint density at radius 2 is 1.96 bits per heavy atom. The van der Waals surface area contributed by atoms with Gasteiger partial charge in [-0.05, 0) is 36.8 Å². The monoisotopic (exact) mass is 343 g/mol. The molecule has 118 valence electrons. The summed E-state index contributed by atoms with van der Waals surface area (Å²) in [5.74, 6) is 0.858. The molecule has 2 N–H and O–H groups in total. The minimum Gasteiger partial charge on any atom is -0.467 e. The number of thiazole rings is 1. The van der Waals surface area contributed by atoms with Gasteiger partial charge in [0.1, 0.15) is 5.76 Å². The van der Waals surface area contributed by atoms with Crippen LogP contribution in [-0.2, 0) is 13.1 Å². The smallest absolute Gasteiger partial charge is 0.166 e. The molecule has 6 heteroatoms. The topological polar surface area (TPSA) is 50.1 Å². The van der Waals surface area contributed by atoms with Crippen LogP contribution in [0, 0.1) is 6.92 Å². The number of aromatic nitrogens is 1. The first-order chi connectivity index (χ1) is 11.2. The molecule has 0 radical (unpaired) electrons. The average Bonchev–Trinajstić information content (AvgIpc) is 3.23. The lowest BCUT2D eigenvalue weighted by Gasteiger charge is -2.09. The van der Waals surface area contributed by atoms with Crippen molar-refractivity contribution in [3.63, 3.8) is 0 Å². The maximum atomic E-state index is 5.26. The molecule has 0 unspecified atom stereocenters. The van der Waals surface area contributed by atoms with E-state index in [1.165, 1.54) is 5.56 Å². The van der Waals surface area contributed by atoms with Crippen molar-refractivity contribution >= 4 is 28.7 Å². The van der Waals surface area contributed by atoms with Gasteiger partial charge in [-0.25, -0.2) is 4.98 Å². The number of nitrogens with zero attached hydrogens (tertiary/aromatic N) is 1. The first-order valence-electron chi connectivity index (χ1n) is 7.26. The van der Waals surface area contributed by atoms with Gasteiger partial charge in [-0.3, -0.25) is 0 Å². The third kappa shape index (κ3) is 4.40. The van der Waals surface area contributed by atoms with Gasteiger partial charge in [0.2, 0.25) is 0 Å². The SMILES string of the molecule is Cc1nc(-c2ccc(CNC(=S)NCc3ccco3)cc2)cs1. The highest BCUT2D eigenvalue weighted by Crippen LogP contribution is 2.21. The predicted molar refractivity (Wildman–Crippen MR) is 97.3 cm³/mol. The molecular weight excluding hydrogens is 326 g/mol. The van der Waals surface area contributed by atoms with Gasteiger partial charge in [-0.1, -0.05) is 24.3 Å². The van der Waals surface area contributed by atoms with Gasteiger partial charge in [0.05, 0.1) is 23.5 Å². The van der Waals surface area contributed by atoms with E-state index < -0.39 is 0 Å². The Morgan fingerprint density at radius 3 is 2.61 bits per heavy atom. The molecule has 0 aliphatic rings. The van der Waals surface area contributed by atoms with E-state index in [2.05, 4.69) is 45.3 Å². The molecule has 4 nitrogen and oxygen atoms in total. The van der Waals surface area contributed by atoms with Gasteiger partial charge >= 0.3 is 0 Å². The van der Waals surface area contributed by atoms with Gasteiger partial charge in [0.25, 0.3) is 0 Å². The van der Waals surface area contributed by atoms with E-state index in [1.54, 1.807) is 17.6 Å². The van der Waals surface area contributed by atoms with Crippen molar-refractivity contribution in [2.75, 3.05) is 0 Å². The second kappa shape index (κ2) is 7.39. The zero-order chi connectivity index (χ0) is 16.1. The summed E-state index contributed by atoms with van der Waals surface area (Å²) >= 11 is 6.92. The highest BCUT2D eigenvalue weighted by atomic mass is 32.1. The first-order valence-corrected chi connectivity index (χ1v) is 8.55. The van der Waals surface area contributed by atoms with Crippen molar-refractivity contribution in [2.45, 2.75) is 20.0 Å². The molecule has 2 heterocycles.